The first kappa shape index (κ1) is 70.1. The second-order valence-electron chi connectivity index (χ2n) is 21.5. The summed E-state index contributed by atoms with van der Waals surface area (Å²) in [6.07, 6.45) is 16.7. The molecule has 0 unspecified atom stereocenters. The van der Waals surface area contributed by atoms with Crippen LogP contribution >= 0.6 is 0 Å². The van der Waals surface area contributed by atoms with Crippen LogP contribution in [0.3, 0.4) is 0 Å². The maximum atomic E-state index is 13.0. The third-order valence-corrected chi connectivity index (χ3v) is 13.5. The number of amides is 5. The maximum Gasteiger partial charge on any atom is 0.407 e. The number of methoxy groups -OCH3 is 1. The molecule has 0 saturated heterocycles. The van der Waals surface area contributed by atoms with E-state index in [0.717, 1.165) is 60.8 Å². The van der Waals surface area contributed by atoms with E-state index in [-0.39, 0.29) is 127 Å². The molecule has 0 radical (unpaired) electrons. The number of hydrogen-bond acceptors (Lipinski definition) is 15. The maximum absolute atomic E-state index is 13.0. The molecule has 6 N–H and O–H groups in total. The molecular formula is C61H95N5O16. The Morgan fingerprint density at radius 3 is 1.49 bits per heavy atom. The van der Waals surface area contributed by atoms with Crippen LogP contribution in [0.4, 0.5) is 4.79 Å². The number of hydrogen-bond donors (Lipinski definition) is 6. The lowest BCUT2D eigenvalue weighted by Crippen LogP contribution is -2.44. The number of carboxylic acids is 1. The predicted octanol–water partition coefficient (Wildman–Crippen LogP) is 7.58. The zero-order valence-electron chi connectivity index (χ0n) is 49.3. The average molecular weight is 1150 g/mol. The monoisotopic (exact) mass is 1150 g/mol. The minimum atomic E-state index is -1.18. The van der Waals surface area contributed by atoms with Gasteiger partial charge in [-0.1, -0.05) is 126 Å². The standard InChI is InChI=1S/C61H95N5O16/c1-61(2,3)82-59(74)52(65-54(68)30-17-15-13-11-9-7-5-6-8-10-12-14-16-18-31-57(71)76-4)32-33-53(67)63-35-37-77-39-42-80-45-56(70)64-36-38-78-40-41-79-44-55(69)62-34-24-23-29-51(58(72)73)66-60(75)81-43-50-48-27-21-19-25-46(48)47-26-20-22-28-49(47)50/h19-22,25-28,50-52H,5-18,23-24,29-45H2,1-4H3,(H,62,69)(H,63,67)(H,64,70)(H,65,68)(H,66,75)(H,72,73)/t51-,52-/m0/s1. The summed E-state index contributed by atoms with van der Waals surface area (Å²) >= 11 is 0. The highest BCUT2D eigenvalue weighted by Crippen LogP contribution is 2.44. The lowest BCUT2D eigenvalue weighted by Gasteiger charge is -2.24. The quantitative estimate of drug-likeness (QED) is 0.0212. The molecule has 0 heterocycles. The molecule has 2 aromatic rings. The van der Waals surface area contributed by atoms with Crippen molar-refractivity contribution in [1.29, 1.82) is 0 Å². The van der Waals surface area contributed by atoms with Crippen LogP contribution in [0.25, 0.3) is 11.1 Å². The Balaban J connectivity index is 1.10. The summed E-state index contributed by atoms with van der Waals surface area (Å²) in [6, 6.07) is 13.8. The van der Waals surface area contributed by atoms with Crippen LogP contribution in [0.2, 0.25) is 0 Å². The molecule has 3 rings (SSSR count). The lowest BCUT2D eigenvalue weighted by atomic mass is 9.98. The fourth-order valence-electron chi connectivity index (χ4n) is 9.17. The molecule has 2 atom stereocenters. The SMILES string of the molecule is COC(=O)CCCCCCCCCCCCCCCCC(=O)N[C@@H](CCC(=O)NCCOCCOCC(=O)NCCOCCOCC(=O)NCCCC[C@H](NC(=O)OCC1c2ccccc2-c2ccccc21)C(=O)O)C(=O)OC(C)(C)C. The first-order valence-electron chi connectivity index (χ1n) is 29.6. The van der Waals surface area contributed by atoms with E-state index in [1.165, 1.54) is 58.5 Å². The van der Waals surface area contributed by atoms with Crippen molar-refractivity contribution in [2.45, 2.75) is 179 Å². The number of alkyl carbamates (subject to hydrolysis) is 1. The van der Waals surface area contributed by atoms with Gasteiger partial charge in [-0.05, 0) is 81.5 Å². The first-order chi connectivity index (χ1) is 39.6. The summed E-state index contributed by atoms with van der Waals surface area (Å²) in [5.74, 6) is -3.26. The number of fused-ring (bicyclic) bond motifs is 3. The van der Waals surface area contributed by atoms with Crippen molar-refractivity contribution in [3.05, 3.63) is 59.7 Å². The Labute approximate surface area is 485 Å². The Bertz CT molecular complexity index is 2160. The highest BCUT2D eigenvalue weighted by atomic mass is 16.6. The van der Waals surface area contributed by atoms with Crippen LogP contribution in [0, 0.1) is 0 Å². The van der Waals surface area contributed by atoms with Crippen LogP contribution in [-0.4, -0.2) is 157 Å². The number of benzene rings is 2. The normalized spacial score (nSPS) is 12.5. The fourth-order valence-corrected chi connectivity index (χ4v) is 9.17. The van der Waals surface area contributed by atoms with Gasteiger partial charge in [-0.15, -0.1) is 0 Å². The molecule has 0 aliphatic heterocycles. The molecule has 1 aliphatic rings. The number of nitrogens with one attached hydrogen (secondary N) is 5. The molecule has 0 aromatic heterocycles. The number of esters is 2. The molecule has 0 spiro atoms. The molecule has 21 nitrogen and oxygen atoms in total. The molecule has 21 heteroatoms. The molecular weight excluding hydrogens is 1060 g/mol. The zero-order valence-corrected chi connectivity index (χ0v) is 49.3. The van der Waals surface area contributed by atoms with E-state index in [9.17, 15) is 43.5 Å². The first-order valence-corrected chi connectivity index (χ1v) is 29.6. The van der Waals surface area contributed by atoms with Gasteiger partial charge in [-0.25, -0.2) is 14.4 Å². The third kappa shape index (κ3) is 32.5. The highest BCUT2D eigenvalue weighted by Gasteiger charge is 2.30. The smallest absolute Gasteiger partial charge is 0.407 e. The van der Waals surface area contributed by atoms with Crippen LogP contribution in [0.1, 0.15) is 173 Å². The van der Waals surface area contributed by atoms with Gasteiger partial charge in [-0.3, -0.25) is 24.0 Å². The van der Waals surface area contributed by atoms with Gasteiger partial charge in [0.25, 0.3) is 0 Å². The van der Waals surface area contributed by atoms with E-state index in [0.29, 0.717) is 32.2 Å². The molecule has 82 heavy (non-hydrogen) atoms. The van der Waals surface area contributed by atoms with E-state index in [2.05, 4.69) is 31.3 Å². The van der Waals surface area contributed by atoms with Gasteiger partial charge in [0, 0.05) is 44.8 Å². The second kappa shape index (κ2) is 42.6. The summed E-state index contributed by atoms with van der Waals surface area (Å²) in [5.41, 5.74) is 3.53. The Morgan fingerprint density at radius 2 is 0.976 bits per heavy atom. The molecule has 5 amide bonds. The van der Waals surface area contributed by atoms with Gasteiger partial charge in [0.15, 0.2) is 0 Å². The summed E-state index contributed by atoms with van der Waals surface area (Å²) in [6.45, 7) is 6.81. The van der Waals surface area contributed by atoms with Gasteiger partial charge in [0.2, 0.25) is 23.6 Å². The van der Waals surface area contributed by atoms with Gasteiger partial charge in [0.05, 0.1) is 46.8 Å². The van der Waals surface area contributed by atoms with Crippen molar-refractivity contribution in [2.24, 2.45) is 0 Å². The molecule has 0 saturated carbocycles. The van der Waals surface area contributed by atoms with Crippen molar-refractivity contribution >= 4 is 47.6 Å². The lowest BCUT2D eigenvalue weighted by molar-refractivity contribution is -0.159. The van der Waals surface area contributed by atoms with Gasteiger partial charge in [-0.2, -0.15) is 0 Å². The van der Waals surface area contributed by atoms with Gasteiger partial charge < -0.3 is 64.8 Å². The number of carbonyl (C=O) groups is 8. The highest BCUT2D eigenvalue weighted by molar-refractivity contribution is 5.86. The fraction of sp³-hybridized carbons (Fsp3) is 0.672. The van der Waals surface area contributed by atoms with E-state index < -0.39 is 35.7 Å². The van der Waals surface area contributed by atoms with E-state index >= 15 is 0 Å². The van der Waals surface area contributed by atoms with Crippen LogP contribution in [0.5, 0.6) is 0 Å². The summed E-state index contributed by atoms with van der Waals surface area (Å²) in [4.78, 5) is 98.3. The van der Waals surface area contributed by atoms with Gasteiger partial charge in [0.1, 0.15) is 37.5 Å². The van der Waals surface area contributed by atoms with Crippen LogP contribution in [0.15, 0.2) is 48.5 Å². The van der Waals surface area contributed by atoms with Crippen molar-refractivity contribution in [2.75, 3.05) is 86.2 Å². The van der Waals surface area contributed by atoms with E-state index in [1.54, 1.807) is 20.8 Å². The Kier molecular flexibility index (Phi) is 36.4. The number of rotatable bonds is 47. The van der Waals surface area contributed by atoms with Crippen molar-refractivity contribution in [3.8, 4) is 11.1 Å². The zero-order chi connectivity index (χ0) is 59.6. The second-order valence-corrected chi connectivity index (χ2v) is 21.5. The average Bonchev–Trinajstić information content (AvgIpc) is 4.02. The number of unbranched alkanes of at least 4 members (excludes halogenated alkanes) is 14. The largest absolute Gasteiger partial charge is 0.480 e. The number of ether oxygens (including phenoxy) is 7. The molecule has 2 aromatic carbocycles. The van der Waals surface area contributed by atoms with Crippen LogP contribution in [-0.2, 0) is 66.7 Å². The predicted molar refractivity (Wildman–Crippen MR) is 309 cm³/mol. The number of carboxylic acid groups (broad SMARTS) is 1. The molecule has 1 aliphatic carbocycles. The minimum absolute atomic E-state index is 0.000933. The number of carbonyl (C=O) groups excluding carboxylic acids is 7. The Morgan fingerprint density at radius 1 is 0.500 bits per heavy atom. The number of aliphatic carboxylic acids is 1. The van der Waals surface area contributed by atoms with Gasteiger partial charge >= 0.3 is 24.0 Å². The Hall–Kier alpha value is -6.16. The van der Waals surface area contributed by atoms with Crippen LogP contribution < -0.4 is 26.6 Å². The van der Waals surface area contributed by atoms with E-state index in [4.69, 9.17) is 28.4 Å². The van der Waals surface area contributed by atoms with Crippen molar-refractivity contribution in [3.63, 3.8) is 0 Å². The van der Waals surface area contributed by atoms with E-state index in [1.807, 2.05) is 48.5 Å². The summed E-state index contributed by atoms with van der Waals surface area (Å²) in [5, 5.41) is 23.1. The van der Waals surface area contributed by atoms with Crippen molar-refractivity contribution in [1.82, 2.24) is 26.6 Å². The summed E-state index contributed by atoms with van der Waals surface area (Å²) in [7, 11) is 1.43. The molecule has 0 fully saturated rings. The minimum Gasteiger partial charge on any atom is -0.480 e. The molecule has 0 bridgehead atoms. The van der Waals surface area contributed by atoms with Crippen molar-refractivity contribution < 1.29 is 76.6 Å². The third-order valence-electron chi connectivity index (χ3n) is 13.5. The summed E-state index contributed by atoms with van der Waals surface area (Å²) < 4.78 is 37.3. The topological polar surface area (TPSA) is 282 Å². The molecule has 460 valence electrons.